The van der Waals surface area contributed by atoms with Crippen LogP contribution in [0, 0.1) is 0 Å². The molecule has 3 N–H and O–H groups in total. The van der Waals surface area contributed by atoms with Gasteiger partial charge in [-0.1, -0.05) is 6.42 Å². The van der Waals surface area contributed by atoms with Crippen LogP contribution >= 0.6 is 0 Å². The minimum Gasteiger partial charge on any atom is -0.481 e. The quantitative estimate of drug-likeness (QED) is 0.703. The molecule has 1 atom stereocenters. The van der Waals surface area contributed by atoms with Crippen molar-refractivity contribution >= 4 is 5.97 Å². The lowest BCUT2D eigenvalue weighted by Crippen LogP contribution is -2.36. The lowest BCUT2D eigenvalue weighted by molar-refractivity contribution is -0.137. The van der Waals surface area contributed by atoms with Gasteiger partial charge in [-0.3, -0.25) is 4.79 Å². The molecule has 1 unspecified atom stereocenters. The SMILES string of the molecule is CN1CCCCC1CCC(=O)O.O. The molecule has 0 bridgehead atoms. The number of nitrogens with zero attached hydrogens (tertiary/aromatic N) is 1. The van der Waals surface area contributed by atoms with E-state index in [2.05, 4.69) is 11.9 Å². The van der Waals surface area contributed by atoms with Gasteiger partial charge in [0.15, 0.2) is 0 Å². The average molecular weight is 189 g/mol. The van der Waals surface area contributed by atoms with Crippen molar-refractivity contribution in [1.29, 1.82) is 0 Å². The van der Waals surface area contributed by atoms with E-state index in [1.54, 1.807) is 0 Å². The molecule has 1 saturated heterocycles. The molecule has 0 aromatic carbocycles. The highest BCUT2D eigenvalue weighted by atomic mass is 16.4. The predicted octanol–water partition coefficient (Wildman–Crippen LogP) is 0.511. The Morgan fingerprint density at radius 2 is 2.23 bits per heavy atom. The minimum atomic E-state index is -0.672. The summed E-state index contributed by atoms with van der Waals surface area (Å²) < 4.78 is 0. The molecular weight excluding hydrogens is 170 g/mol. The summed E-state index contributed by atoms with van der Waals surface area (Å²) in [4.78, 5) is 12.6. The highest BCUT2D eigenvalue weighted by molar-refractivity contribution is 5.66. The number of piperidine rings is 1. The Morgan fingerprint density at radius 3 is 2.77 bits per heavy atom. The van der Waals surface area contributed by atoms with Gasteiger partial charge < -0.3 is 15.5 Å². The third kappa shape index (κ3) is 4.24. The Hall–Kier alpha value is -0.610. The molecule has 0 aromatic heterocycles. The molecule has 78 valence electrons. The molecule has 1 rings (SSSR count). The second-order valence-corrected chi connectivity index (χ2v) is 3.56. The van der Waals surface area contributed by atoms with E-state index in [0.717, 1.165) is 13.0 Å². The summed E-state index contributed by atoms with van der Waals surface area (Å²) >= 11 is 0. The van der Waals surface area contributed by atoms with Gasteiger partial charge in [-0.15, -0.1) is 0 Å². The fourth-order valence-corrected chi connectivity index (χ4v) is 1.80. The van der Waals surface area contributed by atoms with Crippen LogP contribution in [0.1, 0.15) is 32.1 Å². The number of carbonyl (C=O) groups is 1. The standard InChI is InChI=1S/C9H17NO2.H2O/c1-10-7-3-2-4-8(10)5-6-9(11)12;/h8H,2-7H2,1H3,(H,11,12);1H2. The number of hydrogen-bond acceptors (Lipinski definition) is 2. The lowest BCUT2D eigenvalue weighted by Gasteiger charge is -2.32. The number of rotatable bonds is 3. The highest BCUT2D eigenvalue weighted by Gasteiger charge is 2.18. The summed E-state index contributed by atoms with van der Waals surface area (Å²) in [6.07, 6.45) is 4.82. The molecule has 0 aliphatic carbocycles. The van der Waals surface area contributed by atoms with Crippen LogP contribution < -0.4 is 0 Å². The van der Waals surface area contributed by atoms with Gasteiger partial charge in [0.2, 0.25) is 0 Å². The van der Waals surface area contributed by atoms with Gasteiger partial charge in [0.05, 0.1) is 0 Å². The van der Waals surface area contributed by atoms with Crippen molar-refractivity contribution in [2.75, 3.05) is 13.6 Å². The Labute approximate surface area is 78.8 Å². The van der Waals surface area contributed by atoms with Crippen molar-refractivity contribution in [1.82, 2.24) is 4.90 Å². The van der Waals surface area contributed by atoms with Crippen LogP contribution in [0.25, 0.3) is 0 Å². The summed E-state index contributed by atoms with van der Waals surface area (Å²) in [6, 6.07) is 0.509. The summed E-state index contributed by atoms with van der Waals surface area (Å²) in [5.41, 5.74) is 0. The van der Waals surface area contributed by atoms with Crippen LogP contribution in [0.2, 0.25) is 0 Å². The molecular formula is C9H19NO3. The lowest BCUT2D eigenvalue weighted by atomic mass is 9.99. The van der Waals surface area contributed by atoms with Crippen molar-refractivity contribution in [3.05, 3.63) is 0 Å². The fourth-order valence-electron chi connectivity index (χ4n) is 1.80. The first-order valence-electron chi connectivity index (χ1n) is 4.62. The first-order chi connectivity index (χ1) is 5.70. The molecule has 1 fully saturated rings. The third-order valence-electron chi connectivity index (χ3n) is 2.61. The predicted molar refractivity (Wildman–Crippen MR) is 50.8 cm³/mol. The number of likely N-dealkylation sites (tertiary alicyclic amines) is 1. The van der Waals surface area contributed by atoms with E-state index in [-0.39, 0.29) is 5.48 Å². The molecule has 4 nitrogen and oxygen atoms in total. The summed E-state index contributed by atoms with van der Waals surface area (Å²) in [6.45, 7) is 1.13. The van der Waals surface area contributed by atoms with E-state index in [0.29, 0.717) is 12.5 Å². The van der Waals surface area contributed by atoms with Crippen molar-refractivity contribution in [3.63, 3.8) is 0 Å². The van der Waals surface area contributed by atoms with E-state index in [4.69, 9.17) is 5.11 Å². The first kappa shape index (κ1) is 12.4. The second kappa shape index (κ2) is 5.94. The van der Waals surface area contributed by atoms with Crippen LogP contribution in [0.15, 0.2) is 0 Å². The van der Waals surface area contributed by atoms with Crippen molar-refractivity contribution < 1.29 is 15.4 Å². The Bertz CT molecular complexity index is 161. The fraction of sp³-hybridized carbons (Fsp3) is 0.889. The Morgan fingerprint density at radius 1 is 1.54 bits per heavy atom. The van der Waals surface area contributed by atoms with E-state index in [1.807, 2.05) is 0 Å². The van der Waals surface area contributed by atoms with Gasteiger partial charge in [-0.25, -0.2) is 0 Å². The molecule has 0 saturated carbocycles. The Kier molecular flexibility index (Phi) is 5.66. The van der Waals surface area contributed by atoms with E-state index >= 15 is 0 Å². The molecule has 4 heteroatoms. The zero-order valence-electron chi connectivity index (χ0n) is 8.12. The zero-order chi connectivity index (χ0) is 8.97. The third-order valence-corrected chi connectivity index (χ3v) is 2.61. The van der Waals surface area contributed by atoms with Gasteiger partial charge in [-0.05, 0) is 32.9 Å². The topological polar surface area (TPSA) is 72.0 Å². The molecule has 0 amide bonds. The highest BCUT2D eigenvalue weighted by Crippen LogP contribution is 2.18. The van der Waals surface area contributed by atoms with Gasteiger partial charge in [-0.2, -0.15) is 0 Å². The maximum Gasteiger partial charge on any atom is 0.303 e. The van der Waals surface area contributed by atoms with Crippen LogP contribution in [0.5, 0.6) is 0 Å². The first-order valence-corrected chi connectivity index (χ1v) is 4.62. The zero-order valence-corrected chi connectivity index (χ0v) is 8.12. The molecule has 0 spiro atoms. The van der Waals surface area contributed by atoms with E-state index in [9.17, 15) is 4.79 Å². The van der Waals surface area contributed by atoms with Crippen LogP contribution in [0.3, 0.4) is 0 Å². The van der Waals surface area contributed by atoms with Gasteiger partial charge in [0.1, 0.15) is 0 Å². The number of carboxylic acids is 1. The maximum absolute atomic E-state index is 10.3. The normalized spacial score (nSPS) is 23.6. The summed E-state index contributed by atoms with van der Waals surface area (Å²) in [5, 5.41) is 8.51. The van der Waals surface area contributed by atoms with Crippen LogP contribution in [-0.2, 0) is 4.79 Å². The largest absolute Gasteiger partial charge is 0.481 e. The van der Waals surface area contributed by atoms with Gasteiger partial charge in [0.25, 0.3) is 0 Å². The van der Waals surface area contributed by atoms with Gasteiger partial charge in [0, 0.05) is 12.5 Å². The Balaban J connectivity index is 0.00000144. The maximum atomic E-state index is 10.3. The van der Waals surface area contributed by atoms with Gasteiger partial charge >= 0.3 is 5.97 Å². The van der Waals surface area contributed by atoms with Crippen molar-refractivity contribution in [3.8, 4) is 0 Å². The molecule has 13 heavy (non-hydrogen) atoms. The van der Waals surface area contributed by atoms with Crippen LogP contribution in [-0.4, -0.2) is 41.1 Å². The van der Waals surface area contributed by atoms with Crippen molar-refractivity contribution in [2.45, 2.75) is 38.1 Å². The molecule has 0 aromatic rings. The molecule has 1 aliphatic rings. The summed E-state index contributed by atoms with van der Waals surface area (Å²) in [5.74, 6) is -0.672. The summed E-state index contributed by atoms with van der Waals surface area (Å²) in [7, 11) is 2.09. The average Bonchev–Trinajstić information content (AvgIpc) is 2.03. The number of carboxylic acid groups (broad SMARTS) is 1. The van der Waals surface area contributed by atoms with E-state index in [1.165, 1.54) is 19.3 Å². The van der Waals surface area contributed by atoms with Crippen LogP contribution in [0.4, 0.5) is 0 Å². The molecule has 1 heterocycles. The monoisotopic (exact) mass is 189 g/mol. The smallest absolute Gasteiger partial charge is 0.303 e. The number of hydrogen-bond donors (Lipinski definition) is 1. The minimum absolute atomic E-state index is 0. The van der Waals surface area contributed by atoms with Crippen molar-refractivity contribution in [2.24, 2.45) is 0 Å². The molecule has 0 radical (unpaired) electrons. The number of aliphatic carboxylic acids is 1. The molecule has 1 aliphatic heterocycles. The second-order valence-electron chi connectivity index (χ2n) is 3.56. The van der Waals surface area contributed by atoms with E-state index < -0.39 is 5.97 Å².